The highest BCUT2D eigenvalue weighted by Crippen LogP contribution is 2.35. The van der Waals surface area contributed by atoms with E-state index in [1.807, 2.05) is 17.8 Å². The summed E-state index contributed by atoms with van der Waals surface area (Å²) < 4.78 is 0. The van der Waals surface area contributed by atoms with E-state index in [0.717, 1.165) is 38.2 Å². The summed E-state index contributed by atoms with van der Waals surface area (Å²) in [6, 6.07) is 16.9. The molecule has 1 unspecified atom stereocenters. The van der Waals surface area contributed by atoms with Crippen LogP contribution in [-0.4, -0.2) is 35.4 Å². The Morgan fingerprint density at radius 3 is 2.85 bits per heavy atom. The smallest absolute Gasteiger partial charge is 0.224 e. The molecule has 2 aromatic rings. The molecule has 0 aromatic heterocycles. The van der Waals surface area contributed by atoms with Gasteiger partial charge in [0, 0.05) is 43.2 Å². The maximum atomic E-state index is 12.6. The number of benzene rings is 2. The van der Waals surface area contributed by atoms with Gasteiger partial charge in [-0.3, -0.25) is 9.69 Å². The third-order valence-corrected chi connectivity index (χ3v) is 6.35. The summed E-state index contributed by atoms with van der Waals surface area (Å²) in [4.78, 5) is 15.0. The number of carbonyl (C=O) groups is 1. The number of fused-ring (bicyclic) bond motifs is 1. The Labute approximate surface area is 160 Å². The third-order valence-electron chi connectivity index (χ3n) is 5.41. The summed E-state index contributed by atoms with van der Waals surface area (Å²) in [6.45, 7) is 3.28. The SMILES string of the molecule is O=C(CC1CCc2ccccc21)Nc1cccc(CN2CCSCC2)c1. The first kappa shape index (κ1) is 17.6. The van der Waals surface area contributed by atoms with Crippen LogP contribution in [0.5, 0.6) is 0 Å². The van der Waals surface area contributed by atoms with E-state index in [1.54, 1.807) is 0 Å². The second-order valence-electron chi connectivity index (χ2n) is 7.28. The highest BCUT2D eigenvalue weighted by Gasteiger charge is 2.24. The molecule has 4 rings (SSSR count). The lowest BCUT2D eigenvalue weighted by atomic mass is 9.97. The minimum Gasteiger partial charge on any atom is -0.326 e. The lowest BCUT2D eigenvalue weighted by Crippen LogP contribution is -2.31. The van der Waals surface area contributed by atoms with Crippen LogP contribution in [0.4, 0.5) is 5.69 Å². The van der Waals surface area contributed by atoms with E-state index >= 15 is 0 Å². The van der Waals surface area contributed by atoms with Crippen molar-refractivity contribution in [3.8, 4) is 0 Å². The van der Waals surface area contributed by atoms with Crippen molar-refractivity contribution in [1.82, 2.24) is 4.90 Å². The highest BCUT2D eigenvalue weighted by atomic mass is 32.2. The fourth-order valence-corrected chi connectivity index (χ4v) is 5.04. The standard InChI is InChI=1S/C22H26N2OS/c25-22(15-19-9-8-18-5-1-2-7-21(18)19)23-20-6-3-4-17(14-20)16-24-10-12-26-13-11-24/h1-7,14,19H,8-13,15-16H2,(H,23,25). The Bertz CT molecular complexity index is 770. The van der Waals surface area contributed by atoms with Gasteiger partial charge in [0.2, 0.25) is 5.91 Å². The summed E-state index contributed by atoms with van der Waals surface area (Å²) in [5, 5.41) is 3.12. The van der Waals surface area contributed by atoms with Gasteiger partial charge in [-0.2, -0.15) is 11.8 Å². The van der Waals surface area contributed by atoms with Gasteiger partial charge in [0.05, 0.1) is 0 Å². The van der Waals surface area contributed by atoms with Crippen LogP contribution < -0.4 is 5.32 Å². The number of aryl methyl sites for hydroxylation is 1. The molecular formula is C22H26N2OS. The second kappa shape index (κ2) is 8.28. The fraction of sp³-hybridized carbons (Fsp3) is 0.409. The zero-order valence-electron chi connectivity index (χ0n) is 15.1. The van der Waals surface area contributed by atoms with Gasteiger partial charge >= 0.3 is 0 Å². The number of hydrogen-bond acceptors (Lipinski definition) is 3. The number of rotatable bonds is 5. The van der Waals surface area contributed by atoms with Crippen LogP contribution in [0, 0.1) is 0 Å². The van der Waals surface area contributed by atoms with Crippen molar-refractivity contribution in [2.45, 2.75) is 31.7 Å². The molecule has 2 aliphatic rings. The van der Waals surface area contributed by atoms with Gasteiger partial charge in [0.25, 0.3) is 0 Å². The topological polar surface area (TPSA) is 32.3 Å². The molecule has 4 heteroatoms. The molecule has 1 fully saturated rings. The molecule has 136 valence electrons. The van der Waals surface area contributed by atoms with E-state index in [-0.39, 0.29) is 5.91 Å². The van der Waals surface area contributed by atoms with Crippen molar-refractivity contribution in [1.29, 1.82) is 0 Å². The molecule has 1 heterocycles. The van der Waals surface area contributed by atoms with Crippen LogP contribution >= 0.6 is 11.8 Å². The minimum absolute atomic E-state index is 0.123. The lowest BCUT2D eigenvalue weighted by Gasteiger charge is -2.26. The summed E-state index contributed by atoms with van der Waals surface area (Å²) in [5.41, 5.74) is 4.97. The van der Waals surface area contributed by atoms with Gasteiger partial charge in [-0.05, 0) is 47.6 Å². The maximum absolute atomic E-state index is 12.6. The molecule has 3 nitrogen and oxygen atoms in total. The molecule has 1 atom stereocenters. The molecule has 1 aliphatic heterocycles. The predicted molar refractivity (Wildman–Crippen MR) is 110 cm³/mol. The molecule has 0 saturated carbocycles. The predicted octanol–water partition coefficient (Wildman–Crippen LogP) is 4.29. The van der Waals surface area contributed by atoms with Crippen LogP contribution in [0.25, 0.3) is 0 Å². The first-order valence-electron chi connectivity index (χ1n) is 9.54. The Balaban J connectivity index is 1.35. The molecule has 0 bridgehead atoms. The number of nitrogens with zero attached hydrogens (tertiary/aromatic N) is 1. The molecule has 1 amide bonds. The number of nitrogens with one attached hydrogen (secondary N) is 1. The molecule has 0 spiro atoms. The Morgan fingerprint density at radius 1 is 1.12 bits per heavy atom. The largest absolute Gasteiger partial charge is 0.326 e. The monoisotopic (exact) mass is 366 g/mol. The van der Waals surface area contributed by atoms with E-state index in [1.165, 1.54) is 28.2 Å². The maximum Gasteiger partial charge on any atom is 0.224 e. The fourth-order valence-electron chi connectivity index (χ4n) is 4.06. The quantitative estimate of drug-likeness (QED) is 0.856. The van der Waals surface area contributed by atoms with Gasteiger partial charge in [-0.1, -0.05) is 36.4 Å². The number of anilines is 1. The van der Waals surface area contributed by atoms with Crippen LogP contribution in [0.15, 0.2) is 48.5 Å². The minimum atomic E-state index is 0.123. The van der Waals surface area contributed by atoms with E-state index < -0.39 is 0 Å². The van der Waals surface area contributed by atoms with Crippen molar-refractivity contribution in [3.05, 3.63) is 65.2 Å². The van der Waals surface area contributed by atoms with E-state index in [9.17, 15) is 4.79 Å². The average Bonchev–Trinajstić information content (AvgIpc) is 3.06. The number of thioether (sulfide) groups is 1. The third kappa shape index (κ3) is 4.30. The first-order chi connectivity index (χ1) is 12.8. The normalized spacial score (nSPS) is 19.9. The zero-order chi connectivity index (χ0) is 17.8. The van der Waals surface area contributed by atoms with Crippen molar-refractivity contribution < 1.29 is 4.79 Å². The van der Waals surface area contributed by atoms with Crippen molar-refractivity contribution in [2.24, 2.45) is 0 Å². The summed E-state index contributed by atoms with van der Waals surface area (Å²) in [5.74, 6) is 2.93. The number of amides is 1. The molecule has 2 aromatic carbocycles. The van der Waals surface area contributed by atoms with Gasteiger partial charge < -0.3 is 5.32 Å². The Hall–Kier alpha value is -1.78. The van der Waals surface area contributed by atoms with Crippen LogP contribution in [0.1, 0.15) is 35.4 Å². The molecule has 1 N–H and O–H groups in total. The van der Waals surface area contributed by atoms with Crippen molar-refractivity contribution in [3.63, 3.8) is 0 Å². The van der Waals surface area contributed by atoms with Crippen LogP contribution in [0.3, 0.4) is 0 Å². The molecule has 0 radical (unpaired) electrons. The highest BCUT2D eigenvalue weighted by molar-refractivity contribution is 7.99. The Kier molecular flexibility index (Phi) is 5.61. The molecule has 26 heavy (non-hydrogen) atoms. The second-order valence-corrected chi connectivity index (χ2v) is 8.50. The molecule has 1 aliphatic carbocycles. The van der Waals surface area contributed by atoms with Gasteiger partial charge in [-0.25, -0.2) is 0 Å². The summed E-state index contributed by atoms with van der Waals surface area (Å²) >= 11 is 2.03. The zero-order valence-corrected chi connectivity index (χ0v) is 15.9. The van der Waals surface area contributed by atoms with Crippen molar-refractivity contribution in [2.75, 3.05) is 29.9 Å². The van der Waals surface area contributed by atoms with E-state index in [0.29, 0.717) is 12.3 Å². The van der Waals surface area contributed by atoms with Crippen molar-refractivity contribution >= 4 is 23.4 Å². The van der Waals surface area contributed by atoms with E-state index in [2.05, 4.69) is 52.7 Å². The summed E-state index contributed by atoms with van der Waals surface area (Å²) in [7, 11) is 0. The average molecular weight is 367 g/mol. The number of hydrogen-bond donors (Lipinski definition) is 1. The van der Waals surface area contributed by atoms with Gasteiger partial charge in [-0.15, -0.1) is 0 Å². The summed E-state index contributed by atoms with van der Waals surface area (Å²) in [6.07, 6.45) is 2.75. The molecule has 1 saturated heterocycles. The van der Waals surface area contributed by atoms with Crippen LogP contribution in [-0.2, 0) is 17.8 Å². The first-order valence-corrected chi connectivity index (χ1v) is 10.7. The van der Waals surface area contributed by atoms with Gasteiger partial charge in [0.15, 0.2) is 0 Å². The van der Waals surface area contributed by atoms with E-state index in [4.69, 9.17) is 0 Å². The van der Waals surface area contributed by atoms with Gasteiger partial charge in [0.1, 0.15) is 0 Å². The number of carbonyl (C=O) groups excluding carboxylic acids is 1. The van der Waals surface area contributed by atoms with Crippen LogP contribution in [0.2, 0.25) is 0 Å². The Morgan fingerprint density at radius 2 is 1.96 bits per heavy atom. The lowest BCUT2D eigenvalue weighted by molar-refractivity contribution is -0.116. The molecular weight excluding hydrogens is 340 g/mol.